The quantitative estimate of drug-likeness (QED) is 0.335. The molecule has 0 saturated heterocycles. The molecule has 0 saturated carbocycles. The largest absolute Gasteiger partial charge is 0.393 e. The first kappa shape index (κ1) is 21.4. The Kier molecular flexibility index (Phi) is 9.52. The number of benzene rings is 2. The maximum Gasteiger partial charge on any atom is 0.193 e. The normalized spacial score (nSPS) is 13.6. The van der Waals surface area contributed by atoms with Gasteiger partial charge in [0, 0.05) is 18.2 Å². The molecular weight excluding hydrogens is 425 g/mol. The molecule has 0 amide bonds. The number of aliphatic hydroxyl groups is 1. The van der Waals surface area contributed by atoms with Crippen LogP contribution in [-0.2, 0) is 6.42 Å². The smallest absolute Gasteiger partial charge is 0.193 e. The first-order chi connectivity index (χ1) is 11.6. The van der Waals surface area contributed by atoms with Crippen LogP contribution in [0.15, 0.2) is 59.6 Å². The second-order valence-corrected chi connectivity index (χ2v) is 6.10. The summed E-state index contributed by atoms with van der Waals surface area (Å²) in [6.07, 6.45) is 1.27. The molecule has 2 aromatic carbocycles. The SMILES string of the molecule is CCc1cccc(NC(N)=NCC(CC(C)O)c2ccccc2)c1.I. The molecule has 4 N–H and O–H groups in total. The van der Waals surface area contributed by atoms with E-state index >= 15 is 0 Å². The number of nitrogens with zero attached hydrogens (tertiary/aromatic N) is 1. The molecule has 2 rings (SSSR count). The minimum atomic E-state index is -0.374. The van der Waals surface area contributed by atoms with E-state index in [0.717, 1.165) is 12.1 Å². The lowest BCUT2D eigenvalue weighted by Gasteiger charge is -2.17. The predicted molar refractivity (Wildman–Crippen MR) is 117 cm³/mol. The number of guanidine groups is 1. The van der Waals surface area contributed by atoms with E-state index in [1.807, 2.05) is 30.3 Å². The zero-order valence-electron chi connectivity index (χ0n) is 14.9. The first-order valence-electron chi connectivity index (χ1n) is 8.47. The lowest BCUT2D eigenvalue weighted by molar-refractivity contribution is 0.175. The van der Waals surface area contributed by atoms with Crippen LogP contribution in [0.5, 0.6) is 0 Å². The molecule has 2 atom stereocenters. The third-order valence-electron chi connectivity index (χ3n) is 3.99. The molecule has 0 radical (unpaired) electrons. The number of aliphatic imine (C=N–C) groups is 1. The second-order valence-electron chi connectivity index (χ2n) is 6.10. The number of halogens is 1. The maximum absolute atomic E-state index is 9.75. The average molecular weight is 453 g/mol. The van der Waals surface area contributed by atoms with Crippen molar-refractivity contribution in [3.8, 4) is 0 Å². The van der Waals surface area contributed by atoms with E-state index in [4.69, 9.17) is 5.73 Å². The molecule has 0 fully saturated rings. The standard InChI is InChI=1S/C20H27N3O.HI/c1-3-16-8-7-11-19(13-16)23-20(21)22-14-18(12-15(2)24)17-9-5-4-6-10-17;/h4-11,13,15,18,24H,3,12,14H2,1-2H3,(H3,21,22,23);1H. The predicted octanol–water partition coefficient (Wildman–Crippen LogP) is 4.15. The first-order valence-corrected chi connectivity index (χ1v) is 8.47. The average Bonchev–Trinajstić information content (AvgIpc) is 2.59. The molecule has 0 aliphatic carbocycles. The molecule has 0 aliphatic heterocycles. The summed E-state index contributed by atoms with van der Waals surface area (Å²) >= 11 is 0. The molecule has 2 aromatic rings. The Bertz CT molecular complexity index is 659. The van der Waals surface area contributed by atoms with Crippen LogP contribution in [0, 0.1) is 0 Å². The molecule has 4 nitrogen and oxygen atoms in total. The number of hydrogen-bond acceptors (Lipinski definition) is 2. The second kappa shape index (κ2) is 11.1. The van der Waals surface area contributed by atoms with Crippen molar-refractivity contribution in [3.05, 3.63) is 65.7 Å². The van der Waals surface area contributed by atoms with Gasteiger partial charge in [-0.2, -0.15) is 0 Å². The summed E-state index contributed by atoms with van der Waals surface area (Å²) in [4.78, 5) is 4.48. The van der Waals surface area contributed by atoms with Crippen molar-refractivity contribution in [2.75, 3.05) is 11.9 Å². The summed E-state index contributed by atoms with van der Waals surface area (Å²) < 4.78 is 0. The number of aliphatic hydroxyl groups excluding tert-OH is 1. The van der Waals surface area contributed by atoms with Gasteiger partial charge in [-0.25, -0.2) is 0 Å². The van der Waals surface area contributed by atoms with Crippen LogP contribution in [0.3, 0.4) is 0 Å². The number of hydrogen-bond donors (Lipinski definition) is 3. The van der Waals surface area contributed by atoms with Crippen LogP contribution >= 0.6 is 24.0 Å². The third kappa shape index (κ3) is 7.44. The van der Waals surface area contributed by atoms with Gasteiger partial charge in [-0.3, -0.25) is 4.99 Å². The maximum atomic E-state index is 9.75. The van der Waals surface area contributed by atoms with Crippen molar-refractivity contribution in [2.45, 2.75) is 38.7 Å². The number of nitrogens with two attached hydrogens (primary N) is 1. The van der Waals surface area contributed by atoms with Crippen molar-refractivity contribution in [2.24, 2.45) is 10.7 Å². The number of nitrogens with one attached hydrogen (secondary N) is 1. The van der Waals surface area contributed by atoms with E-state index in [0.29, 0.717) is 18.9 Å². The van der Waals surface area contributed by atoms with Gasteiger partial charge in [-0.05, 0) is 43.0 Å². The number of rotatable bonds is 7. The van der Waals surface area contributed by atoms with E-state index in [9.17, 15) is 5.11 Å². The lowest BCUT2D eigenvalue weighted by Crippen LogP contribution is -2.24. The van der Waals surface area contributed by atoms with E-state index in [1.54, 1.807) is 6.92 Å². The zero-order chi connectivity index (χ0) is 17.4. The Morgan fingerprint density at radius 2 is 1.88 bits per heavy atom. The van der Waals surface area contributed by atoms with E-state index in [2.05, 4.69) is 41.5 Å². The molecule has 25 heavy (non-hydrogen) atoms. The highest BCUT2D eigenvalue weighted by Crippen LogP contribution is 2.21. The fourth-order valence-corrected chi connectivity index (χ4v) is 2.72. The van der Waals surface area contributed by atoms with E-state index in [-0.39, 0.29) is 36.0 Å². The fraction of sp³-hybridized carbons (Fsp3) is 0.350. The van der Waals surface area contributed by atoms with E-state index in [1.165, 1.54) is 11.1 Å². The highest BCUT2D eigenvalue weighted by molar-refractivity contribution is 14.0. The van der Waals surface area contributed by atoms with Crippen LogP contribution < -0.4 is 11.1 Å². The summed E-state index contributed by atoms with van der Waals surface area (Å²) in [5.74, 6) is 0.545. The summed E-state index contributed by atoms with van der Waals surface area (Å²) in [5.41, 5.74) is 9.40. The van der Waals surface area contributed by atoms with Crippen LogP contribution in [0.2, 0.25) is 0 Å². The minimum absolute atomic E-state index is 0. The van der Waals surface area contributed by atoms with Crippen LogP contribution in [0.25, 0.3) is 0 Å². The summed E-state index contributed by atoms with van der Waals surface area (Å²) in [5, 5.41) is 12.9. The number of aryl methyl sites for hydroxylation is 1. The summed E-state index contributed by atoms with van der Waals surface area (Å²) in [7, 11) is 0. The van der Waals surface area contributed by atoms with Gasteiger partial charge >= 0.3 is 0 Å². The molecule has 0 heterocycles. The van der Waals surface area contributed by atoms with E-state index < -0.39 is 0 Å². The highest BCUT2D eigenvalue weighted by Gasteiger charge is 2.13. The fourth-order valence-electron chi connectivity index (χ4n) is 2.72. The van der Waals surface area contributed by atoms with Crippen LogP contribution in [0.1, 0.15) is 37.3 Å². The highest BCUT2D eigenvalue weighted by atomic mass is 127. The molecule has 0 aromatic heterocycles. The Morgan fingerprint density at radius 1 is 1.16 bits per heavy atom. The third-order valence-corrected chi connectivity index (χ3v) is 3.99. The van der Waals surface area contributed by atoms with Crippen molar-refractivity contribution in [1.29, 1.82) is 0 Å². The van der Waals surface area contributed by atoms with Crippen molar-refractivity contribution in [1.82, 2.24) is 0 Å². The number of anilines is 1. The molecule has 0 bridgehead atoms. The molecule has 0 aliphatic rings. The van der Waals surface area contributed by atoms with Gasteiger partial charge in [-0.1, -0.05) is 49.4 Å². The molecule has 2 unspecified atom stereocenters. The van der Waals surface area contributed by atoms with Crippen LogP contribution in [-0.4, -0.2) is 23.7 Å². The van der Waals surface area contributed by atoms with Crippen molar-refractivity contribution in [3.63, 3.8) is 0 Å². The van der Waals surface area contributed by atoms with Gasteiger partial charge in [0.25, 0.3) is 0 Å². The lowest BCUT2D eigenvalue weighted by atomic mass is 9.93. The molecule has 136 valence electrons. The minimum Gasteiger partial charge on any atom is -0.393 e. The van der Waals surface area contributed by atoms with Crippen molar-refractivity contribution >= 4 is 35.6 Å². The summed E-state index contributed by atoms with van der Waals surface area (Å²) in [6, 6.07) is 18.3. The Hall–Kier alpha value is -1.60. The van der Waals surface area contributed by atoms with Gasteiger partial charge in [0.05, 0.1) is 6.10 Å². The van der Waals surface area contributed by atoms with Gasteiger partial charge in [0.15, 0.2) is 5.96 Å². The Balaban J connectivity index is 0.00000312. The van der Waals surface area contributed by atoms with Crippen molar-refractivity contribution < 1.29 is 5.11 Å². The van der Waals surface area contributed by atoms with Gasteiger partial charge < -0.3 is 16.2 Å². The summed E-state index contributed by atoms with van der Waals surface area (Å²) in [6.45, 7) is 4.47. The molecule has 5 heteroatoms. The Morgan fingerprint density at radius 3 is 2.52 bits per heavy atom. The van der Waals surface area contributed by atoms with Gasteiger partial charge in [0.1, 0.15) is 0 Å². The topological polar surface area (TPSA) is 70.6 Å². The van der Waals surface area contributed by atoms with Gasteiger partial charge in [-0.15, -0.1) is 24.0 Å². The van der Waals surface area contributed by atoms with Crippen LogP contribution in [0.4, 0.5) is 5.69 Å². The van der Waals surface area contributed by atoms with Gasteiger partial charge in [0.2, 0.25) is 0 Å². The molecular formula is C20H28IN3O. The Labute approximate surface area is 167 Å². The monoisotopic (exact) mass is 453 g/mol. The zero-order valence-corrected chi connectivity index (χ0v) is 17.2. The molecule has 0 spiro atoms.